The van der Waals surface area contributed by atoms with Gasteiger partial charge in [0, 0.05) is 17.7 Å². The Bertz CT molecular complexity index is 795. The van der Waals surface area contributed by atoms with Crippen molar-refractivity contribution >= 4 is 24.1 Å². The van der Waals surface area contributed by atoms with Crippen LogP contribution in [0.1, 0.15) is 26.3 Å². The van der Waals surface area contributed by atoms with Crippen LogP contribution in [0.2, 0.25) is 0 Å². The molecule has 26 heavy (non-hydrogen) atoms. The summed E-state index contributed by atoms with van der Waals surface area (Å²) in [4.78, 5) is 23.1. The van der Waals surface area contributed by atoms with E-state index in [1.807, 2.05) is 6.92 Å². The number of halogens is 1. The molecule has 0 fully saturated rings. The summed E-state index contributed by atoms with van der Waals surface area (Å²) in [5, 5.41) is 21.6. The van der Waals surface area contributed by atoms with Crippen LogP contribution < -0.4 is 15.8 Å². The van der Waals surface area contributed by atoms with Gasteiger partial charge in [0.05, 0.1) is 6.54 Å². The van der Waals surface area contributed by atoms with Crippen molar-refractivity contribution in [3.05, 3.63) is 53.1 Å². The number of carbonyl (C=O) groups is 2. The molecule has 0 saturated heterocycles. The smallest absolute Gasteiger partial charge is 0.248 e. The van der Waals surface area contributed by atoms with E-state index < -0.39 is 5.91 Å². The number of carbonyl (C=O) groups excluding carboxylic acids is 2. The van der Waals surface area contributed by atoms with Gasteiger partial charge in [0.25, 0.3) is 0 Å². The molecule has 0 aliphatic rings. The van der Waals surface area contributed by atoms with Gasteiger partial charge in [0.1, 0.15) is 12.4 Å². The fourth-order valence-electron chi connectivity index (χ4n) is 2.20. The summed E-state index contributed by atoms with van der Waals surface area (Å²) in [5.74, 6) is -0.659. The second-order valence-electron chi connectivity index (χ2n) is 5.50. The van der Waals surface area contributed by atoms with Crippen molar-refractivity contribution in [1.82, 2.24) is 5.32 Å². The Morgan fingerprint density at radius 3 is 2.38 bits per heavy atom. The minimum atomic E-state index is -0.491. The van der Waals surface area contributed by atoms with Gasteiger partial charge in [-0.15, -0.1) is 12.4 Å². The number of Topliss-reactive ketones (excluding diaryl/α,β-unsaturated/α-hetero) is 1. The van der Waals surface area contributed by atoms with E-state index in [0.717, 1.165) is 5.56 Å². The van der Waals surface area contributed by atoms with E-state index >= 15 is 0 Å². The monoisotopic (exact) mass is 380 g/mol. The molecule has 0 bridgehead atoms. The molecule has 0 spiro atoms. The number of hydrogen-bond donors (Lipinski definition) is 4. The molecule has 0 aliphatic carbocycles. The Morgan fingerprint density at radius 2 is 1.77 bits per heavy atom. The molecule has 2 rings (SSSR count). The third-order valence-corrected chi connectivity index (χ3v) is 3.58. The van der Waals surface area contributed by atoms with Crippen LogP contribution in [0.4, 0.5) is 0 Å². The number of nitrogens with one attached hydrogen (secondary N) is 1. The lowest BCUT2D eigenvalue weighted by Gasteiger charge is -2.10. The summed E-state index contributed by atoms with van der Waals surface area (Å²) in [7, 11) is 0. The average Bonchev–Trinajstić information content (AvgIpc) is 2.57. The Balaban J connectivity index is 0.00000338. The molecule has 1 amide bonds. The summed E-state index contributed by atoms with van der Waals surface area (Å²) in [5.41, 5.74) is 6.74. The number of amides is 1. The first-order chi connectivity index (χ1) is 11.9. The number of benzene rings is 2. The normalized spacial score (nSPS) is 10.0. The molecule has 2 aromatic carbocycles. The number of nitrogens with two attached hydrogens (primary N) is 1. The molecule has 0 unspecified atom stereocenters. The zero-order valence-corrected chi connectivity index (χ0v) is 15.0. The number of aromatic hydroxyl groups is 2. The van der Waals surface area contributed by atoms with Crippen molar-refractivity contribution in [2.45, 2.75) is 6.92 Å². The predicted octanol–water partition coefficient (Wildman–Crippen LogP) is 1.78. The Hall–Kier alpha value is -2.77. The van der Waals surface area contributed by atoms with Gasteiger partial charge in [-0.3, -0.25) is 9.59 Å². The van der Waals surface area contributed by atoms with Gasteiger partial charge in [-0.1, -0.05) is 0 Å². The molecule has 0 atom stereocenters. The molecule has 8 heteroatoms. The molecule has 0 aromatic heterocycles. The van der Waals surface area contributed by atoms with Gasteiger partial charge in [0.15, 0.2) is 17.3 Å². The van der Waals surface area contributed by atoms with Crippen molar-refractivity contribution in [2.75, 3.05) is 19.7 Å². The number of ketones is 1. The summed E-state index contributed by atoms with van der Waals surface area (Å²) in [6.07, 6.45) is 0. The molecule has 7 nitrogen and oxygen atoms in total. The SMILES string of the molecule is Cc1cc(C(N)=O)ccc1OCCNCC(=O)c1ccc(O)c(O)c1.Cl. The summed E-state index contributed by atoms with van der Waals surface area (Å²) in [6.45, 7) is 2.67. The van der Waals surface area contributed by atoms with Gasteiger partial charge in [-0.25, -0.2) is 0 Å². The summed E-state index contributed by atoms with van der Waals surface area (Å²) in [6, 6.07) is 8.87. The second kappa shape index (κ2) is 9.65. The first kappa shape index (κ1) is 21.3. The van der Waals surface area contributed by atoms with E-state index in [0.29, 0.717) is 30.0 Å². The first-order valence-electron chi connectivity index (χ1n) is 7.67. The highest BCUT2D eigenvalue weighted by Crippen LogP contribution is 2.24. The van der Waals surface area contributed by atoms with Gasteiger partial charge < -0.3 is 26.0 Å². The third kappa shape index (κ3) is 5.65. The number of phenolic OH excluding ortho intramolecular Hbond substituents is 2. The standard InChI is InChI=1S/C18H20N2O5.ClH/c1-11-8-13(18(19)24)3-5-17(11)25-7-6-20-10-16(23)12-2-4-14(21)15(22)9-12;/h2-5,8-9,20-22H,6-7,10H2,1H3,(H2,19,24);1H. The Kier molecular flexibility index (Phi) is 7.89. The van der Waals surface area contributed by atoms with Crippen LogP contribution in [0.15, 0.2) is 36.4 Å². The zero-order chi connectivity index (χ0) is 18.4. The molecule has 0 aliphatic heterocycles. The second-order valence-corrected chi connectivity index (χ2v) is 5.50. The molecular formula is C18H21ClN2O5. The van der Waals surface area contributed by atoms with Crippen LogP contribution in [0, 0.1) is 6.92 Å². The van der Waals surface area contributed by atoms with Crippen molar-refractivity contribution in [3.63, 3.8) is 0 Å². The Labute approximate surface area is 157 Å². The number of rotatable bonds is 8. The van der Waals surface area contributed by atoms with E-state index in [1.165, 1.54) is 18.2 Å². The largest absolute Gasteiger partial charge is 0.504 e. The molecule has 140 valence electrons. The van der Waals surface area contributed by atoms with Gasteiger partial charge >= 0.3 is 0 Å². The summed E-state index contributed by atoms with van der Waals surface area (Å²) >= 11 is 0. The van der Waals surface area contributed by atoms with Gasteiger partial charge in [0.2, 0.25) is 5.91 Å². The lowest BCUT2D eigenvalue weighted by Crippen LogP contribution is -2.27. The average molecular weight is 381 g/mol. The first-order valence-corrected chi connectivity index (χ1v) is 7.67. The van der Waals surface area contributed by atoms with E-state index in [2.05, 4.69) is 5.32 Å². The number of ether oxygens (including phenoxy) is 1. The van der Waals surface area contributed by atoms with E-state index in [-0.39, 0.29) is 36.2 Å². The number of primary amides is 1. The number of aryl methyl sites for hydroxylation is 1. The molecule has 0 radical (unpaired) electrons. The van der Waals surface area contributed by atoms with Crippen LogP contribution in [0.25, 0.3) is 0 Å². The molecule has 0 heterocycles. The van der Waals surface area contributed by atoms with E-state index in [9.17, 15) is 19.8 Å². The highest BCUT2D eigenvalue weighted by molar-refractivity contribution is 5.98. The molecule has 5 N–H and O–H groups in total. The van der Waals surface area contributed by atoms with Crippen LogP contribution in [0.3, 0.4) is 0 Å². The number of phenols is 2. The fraction of sp³-hybridized carbons (Fsp3) is 0.222. The van der Waals surface area contributed by atoms with Crippen LogP contribution in [-0.2, 0) is 0 Å². The topological polar surface area (TPSA) is 122 Å². The van der Waals surface area contributed by atoms with Gasteiger partial charge in [-0.05, 0) is 48.9 Å². The van der Waals surface area contributed by atoms with E-state index in [4.69, 9.17) is 10.5 Å². The molecule has 0 saturated carbocycles. The van der Waals surface area contributed by atoms with Gasteiger partial charge in [-0.2, -0.15) is 0 Å². The van der Waals surface area contributed by atoms with Crippen molar-refractivity contribution < 1.29 is 24.5 Å². The molecule has 2 aromatic rings. The minimum Gasteiger partial charge on any atom is -0.504 e. The highest BCUT2D eigenvalue weighted by atomic mass is 35.5. The fourth-order valence-corrected chi connectivity index (χ4v) is 2.20. The minimum absolute atomic E-state index is 0. The maximum absolute atomic E-state index is 12.0. The van der Waals surface area contributed by atoms with Crippen molar-refractivity contribution in [3.8, 4) is 17.2 Å². The molecular weight excluding hydrogens is 360 g/mol. The van der Waals surface area contributed by atoms with Crippen molar-refractivity contribution in [2.24, 2.45) is 5.73 Å². The van der Waals surface area contributed by atoms with Crippen LogP contribution in [0.5, 0.6) is 17.2 Å². The maximum Gasteiger partial charge on any atom is 0.248 e. The number of hydrogen-bond acceptors (Lipinski definition) is 6. The Morgan fingerprint density at radius 1 is 1.08 bits per heavy atom. The zero-order valence-electron chi connectivity index (χ0n) is 14.2. The lowest BCUT2D eigenvalue weighted by molar-refractivity contribution is 0.0985. The lowest BCUT2D eigenvalue weighted by atomic mass is 10.1. The van der Waals surface area contributed by atoms with Crippen LogP contribution in [-0.4, -0.2) is 41.6 Å². The van der Waals surface area contributed by atoms with Crippen molar-refractivity contribution in [1.29, 1.82) is 0 Å². The summed E-state index contributed by atoms with van der Waals surface area (Å²) < 4.78 is 5.59. The highest BCUT2D eigenvalue weighted by Gasteiger charge is 2.09. The predicted molar refractivity (Wildman–Crippen MR) is 99.4 cm³/mol. The van der Waals surface area contributed by atoms with E-state index in [1.54, 1.807) is 18.2 Å². The van der Waals surface area contributed by atoms with Crippen LogP contribution >= 0.6 is 12.4 Å². The maximum atomic E-state index is 12.0. The quantitative estimate of drug-likeness (QED) is 0.314. The third-order valence-electron chi connectivity index (χ3n) is 3.58.